The van der Waals surface area contributed by atoms with E-state index in [9.17, 15) is 0 Å². The van der Waals surface area contributed by atoms with E-state index in [4.69, 9.17) is 9.47 Å². The Morgan fingerprint density at radius 1 is 1.14 bits per heavy atom. The molecule has 0 aliphatic rings. The molecule has 0 aliphatic heterocycles. The quantitative estimate of drug-likeness (QED) is 0.867. The zero-order valence-electron chi connectivity index (χ0n) is 12.7. The molecule has 0 atom stereocenters. The van der Waals surface area contributed by atoms with Crippen LogP contribution in [0.5, 0.6) is 11.5 Å². The number of aryl methyl sites for hydroxylation is 1. The maximum atomic E-state index is 5.33. The lowest BCUT2D eigenvalue weighted by Crippen LogP contribution is -2.14. The predicted octanol–water partition coefficient (Wildman–Crippen LogP) is 2.80. The molecule has 114 valence electrons. The minimum atomic E-state index is 0.719. The second-order valence-electron chi connectivity index (χ2n) is 4.78. The molecule has 1 aromatic heterocycles. The molecule has 0 unspecified atom stereocenters. The molecular weight excluding hydrogens is 334 g/mol. The fourth-order valence-electron chi connectivity index (χ4n) is 2.08. The molecule has 0 fully saturated rings. The van der Waals surface area contributed by atoms with E-state index in [1.54, 1.807) is 14.2 Å². The van der Waals surface area contributed by atoms with Gasteiger partial charge < -0.3 is 14.8 Å². The third-order valence-corrected chi connectivity index (χ3v) is 4.26. The molecule has 0 amide bonds. The summed E-state index contributed by atoms with van der Waals surface area (Å²) < 4.78 is 13.5. The van der Waals surface area contributed by atoms with Crippen molar-refractivity contribution in [2.24, 2.45) is 7.05 Å². The summed E-state index contributed by atoms with van der Waals surface area (Å²) in [4.78, 5) is 0. The lowest BCUT2D eigenvalue weighted by atomic mass is 10.2. The fraction of sp³-hybridized carbons (Fsp3) is 0.400. The van der Waals surface area contributed by atoms with Crippen LogP contribution in [-0.2, 0) is 20.1 Å². The molecule has 0 saturated heterocycles. The first-order valence-electron chi connectivity index (χ1n) is 6.65. The van der Waals surface area contributed by atoms with Crippen LogP contribution in [0.3, 0.4) is 0 Å². The number of ether oxygens (including phenoxy) is 2. The topological polar surface area (TPSA) is 48.3 Å². The Morgan fingerprint density at radius 3 is 2.33 bits per heavy atom. The summed E-state index contributed by atoms with van der Waals surface area (Å²) >= 11 is 3.56. The van der Waals surface area contributed by atoms with Crippen molar-refractivity contribution in [3.63, 3.8) is 0 Å². The number of nitrogens with zero attached hydrogens (tertiary/aromatic N) is 2. The van der Waals surface area contributed by atoms with E-state index < -0.39 is 0 Å². The molecule has 0 spiro atoms. The van der Waals surface area contributed by atoms with E-state index in [0.29, 0.717) is 0 Å². The van der Waals surface area contributed by atoms with E-state index in [1.165, 1.54) is 11.3 Å². The molecule has 1 aromatic carbocycles. The molecule has 0 bridgehead atoms. The molecule has 21 heavy (non-hydrogen) atoms. The van der Waals surface area contributed by atoms with Crippen molar-refractivity contribution < 1.29 is 9.47 Å². The highest BCUT2D eigenvalue weighted by Gasteiger charge is 2.10. The van der Waals surface area contributed by atoms with Gasteiger partial charge >= 0.3 is 0 Å². The number of nitrogens with one attached hydrogen (secondary N) is 1. The molecule has 0 aliphatic carbocycles. The number of methoxy groups -OCH3 is 2. The number of rotatable bonds is 6. The van der Waals surface area contributed by atoms with Crippen molar-refractivity contribution >= 4 is 15.9 Å². The summed E-state index contributed by atoms with van der Waals surface area (Å²) in [6, 6.07) is 3.90. The van der Waals surface area contributed by atoms with Gasteiger partial charge in [0.1, 0.15) is 0 Å². The molecule has 2 aromatic rings. The van der Waals surface area contributed by atoms with Crippen LogP contribution in [0.2, 0.25) is 0 Å². The van der Waals surface area contributed by atoms with Gasteiger partial charge in [-0.3, -0.25) is 4.68 Å². The molecule has 6 heteroatoms. The third kappa shape index (κ3) is 3.57. The van der Waals surface area contributed by atoms with Crippen LogP contribution >= 0.6 is 15.9 Å². The van der Waals surface area contributed by atoms with Crippen molar-refractivity contribution in [3.8, 4) is 11.5 Å². The molecule has 0 radical (unpaired) electrons. The molecular formula is C15H20BrN3O2. The molecule has 0 saturated carbocycles. The minimum absolute atomic E-state index is 0.719. The summed E-state index contributed by atoms with van der Waals surface area (Å²) in [6.45, 7) is 3.58. The molecule has 2 rings (SSSR count). The highest BCUT2D eigenvalue weighted by atomic mass is 79.9. The smallest absolute Gasteiger partial charge is 0.161 e. The molecule has 5 nitrogen and oxygen atoms in total. The van der Waals surface area contributed by atoms with Crippen molar-refractivity contribution in [2.75, 3.05) is 14.2 Å². The van der Waals surface area contributed by atoms with Crippen LogP contribution in [0, 0.1) is 6.92 Å². The number of halogens is 1. The molecule has 1 N–H and O–H groups in total. The third-order valence-electron chi connectivity index (χ3n) is 3.52. The largest absolute Gasteiger partial charge is 0.493 e. The summed E-state index contributed by atoms with van der Waals surface area (Å²) in [6.07, 6.45) is 1.89. The second-order valence-corrected chi connectivity index (χ2v) is 5.64. The maximum Gasteiger partial charge on any atom is 0.161 e. The van der Waals surface area contributed by atoms with Crippen LogP contribution in [0.15, 0.2) is 22.8 Å². The van der Waals surface area contributed by atoms with E-state index in [0.717, 1.165) is 34.6 Å². The Hall–Kier alpha value is -1.53. The van der Waals surface area contributed by atoms with E-state index in [2.05, 4.69) is 33.3 Å². The van der Waals surface area contributed by atoms with E-state index in [-0.39, 0.29) is 0 Å². The highest BCUT2D eigenvalue weighted by molar-refractivity contribution is 9.10. The van der Waals surface area contributed by atoms with Crippen molar-refractivity contribution in [1.29, 1.82) is 0 Å². The van der Waals surface area contributed by atoms with Crippen LogP contribution in [0.25, 0.3) is 0 Å². The standard InChI is InChI=1S/C15H20BrN3O2/c1-10-12(9-18-19(10)2)8-17-7-11-5-14(20-3)15(21-4)6-13(11)16/h5-6,9,17H,7-8H2,1-4H3. The zero-order valence-corrected chi connectivity index (χ0v) is 14.3. The Labute approximate surface area is 133 Å². The average Bonchev–Trinajstić information content (AvgIpc) is 2.80. The monoisotopic (exact) mass is 353 g/mol. The summed E-state index contributed by atoms with van der Waals surface area (Å²) in [5, 5.41) is 7.66. The van der Waals surface area contributed by atoms with Gasteiger partial charge in [-0.25, -0.2) is 0 Å². The lowest BCUT2D eigenvalue weighted by Gasteiger charge is -2.12. The van der Waals surface area contributed by atoms with Crippen molar-refractivity contribution in [3.05, 3.63) is 39.6 Å². The van der Waals surface area contributed by atoms with E-state index in [1.807, 2.05) is 30.1 Å². The SMILES string of the molecule is COc1cc(Br)c(CNCc2cnn(C)c2C)cc1OC. The summed E-state index contributed by atoms with van der Waals surface area (Å²) in [5.41, 5.74) is 3.50. The van der Waals surface area contributed by atoms with Gasteiger partial charge in [-0.2, -0.15) is 5.10 Å². The van der Waals surface area contributed by atoms with Gasteiger partial charge in [-0.1, -0.05) is 15.9 Å². The number of aromatic nitrogens is 2. The number of benzene rings is 1. The second kappa shape index (κ2) is 6.95. The average molecular weight is 354 g/mol. The summed E-state index contributed by atoms with van der Waals surface area (Å²) in [5.74, 6) is 1.45. The van der Waals surface area contributed by atoms with Crippen LogP contribution in [0.1, 0.15) is 16.8 Å². The summed E-state index contributed by atoms with van der Waals surface area (Å²) in [7, 11) is 5.22. The van der Waals surface area contributed by atoms with Crippen molar-refractivity contribution in [2.45, 2.75) is 20.0 Å². The maximum absolute atomic E-state index is 5.33. The van der Waals surface area contributed by atoms with Crippen molar-refractivity contribution in [1.82, 2.24) is 15.1 Å². The highest BCUT2D eigenvalue weighted by Crippen LogP contribution is 2.33. The first kappa shape index (κ1) is 15.9. The lowest BCUT2D eigenvalue weighted by molar-refractivity contribution is 0.354. The van der Waals surface area contributed by atoms with Gasteiger partial charge in [0.2, 0.25) is 0 Å². The Balaban J connectivity index is 2.04. The number of hydrogen-bond donors (Lipinski definition) is 1. The first-order valence-corrected chi connectivity index (χ1v) is 7.44. The van der Waals surface area contributed by atoms with Gasteiger partial charge in [-0.15, -0.1) is 0 Å². The van der Waals surface area contributed by atoms with Gasteiger partial charge in [0.15, 0.2) is 11.5 Å². The van der Waals surface area contributed by atoms with Gasteiger partial charge in [-0.05, 0) is 24.6 Å². The predicted molar refractivity (Wildman–Crippen MR) is 85.7 cm³/mol. The Kier molecular flexibility index (Phi) is 5.25. The zero-order chi connectivity index (χ0) is 15.4. The number of hydrogen-bond acceptors (Lipinski definition) is 4. The van der Waals surface area contributed by atoms with Crippen LogP contribution < -0.4 is 14.8 Å². The van der Waals surface area contributed by atoms with Crippen LogP contribution in [-0.4, -0.2) is 24.0 Å². The molecule has 1 heterocycles. The van der Waals surface area contributed by atoms with Gasteiger partial charge in [0.25, 0.3) is 0 Å². The van der Waals surface area contributed by atoms with E-state index >= 15 is 0 Å². The van der Waals surface area contributed by atoms with Crippen LogP contribution in [0.4, 0.5) is 0 Å². The minimum Gasteiger partial charge on any atom is -0.493 e. The first-order chi connectivity index (χ1) is 10.1. The Morgan fingerprint density at radius 2 is 1.76 bits per heavy atom. The van der Waals surface area contributed by atoms with Gasteiger partial charge in [0.05, 0.1) is 20.4 Å². The van der Waals surface area contributed by atoms with Gasteiger partial charge in [0, 0.05) is 35.9 Å². The Bertz CT molecular complexity index is 626. The normalized spacial score (nSPS) is 10.7. The fourth-order valence-corrected chi connectivity index (χ4v) is 2.54.